The van der Waals surface area contributed by atoms with E-state index in [9.17, 15) is 18.0 Å². The molecule has 1 aromatic carbocycles. The lowest BCUT2D eigenvalue weighted by atomic mass is 10.2. The maximum atomic E-state index is 12.2. The summed E-state index contributed by atoms with van der Waals surface area (Å²) in [6, 6.07) is 5.61. The van der Waals surface area contributed by atoms with Gasteiger partial charge in [0.15, 0.2) is 0 Å². The Bertz CT molecular complexity index is 608. The SMILES string of the molecule is COC(=O)CCN(C)S(=O)(=O)c1ccc(CC(=O)O)cc1. The third-order valence-corrected chi connectivity index (χ3v) is 4.72. The zero-order chi connectivity index (χ0) is 16.0. The second kappa shape index (κ2) is 7.19. The van der Waals surface area contributed by atoms with Gasteiger partial charge in [-0.1, -0.05) is 12.1 Å². The Morgan fingerprint density at radius 1 is 1.24 bits per heavy atom. The zero-order valence-corrected chi connectivity index (χ0v) is 12.6. The molecule has 7 nitrogen and oxygen atoms in total. The molecule has 0 aliphatic heterocycles. The summed E-state index contributed by atoms with van der Waals surface area (Å²) < 4.78 is 30.0. The van der Waals surface area contributed by atoms with E-state index in [1.54, 1.807) is 0 Å². The molecule has 0 aliphatic rings. The topological polar surface area (TPSA) is 101 Å². The van der Waals surface area contributed by atoms with Gasteiger partial charge in [0.25, 0.3) is 0 Å². The quantitative estimate of drug-likeness (QED) is 0.735. The van der Waals surface area contributed by atoms with Crippen LogP contribution in [0.2, 0.25) is 0 Å². The number of carboxylic acids is 1. The predicted molar refractivity (Wildman–Crippen MR) is 74.2 cm³/mol. The van der Waals surface area contributed by atoms with E-state index in [1.165, 1.54) is 38.4 Å². The molecule has 0 saturated heterocycles. The number of nitrogens with zero attached hydrogens (tertiary/aromatic N) is 1. The van der Waals surface area contributed by atoms with Gasteiger partial charge in [0, 0.05) is 13.6 Å². The Balaban J connectivity index is 2.82. The molecule has 1 rings (SSSR count). The number of benzene rings is 1. The number of hydrogen-bond donors (Lipinski definition) is 1. The Hall–Kier alpha value is -1.93. The van der Waals surface area contributed by atoms with Crippen molar-refractivity contribution in [3.05, 3.63) is 29.8 Å². The number of methoxy groups -OCH3 is 1. The maximum absolute atomic E-state index is 12.2. The summed E-state index contributed by atoms with van der Waals surface area (Å²) in [5, 5.41) is 8.66. The molecule has 8 heteroatoms. The van der Waals surface area contributed by atoms with Gasteiger partial charge in [0.05, 0.1) is 24.8 Å². The van der Waals surface area contributed by atoms with Gasteiger partial charge in [0.1, 0.15) is 0 Å². The van der Waals surface area contributed by atoms with Crippen LogP contribution in [0.25, 0.3) is 0 Å². The van der Waals surface area contributed by atoms with E-state index in [1.807, 2.05) is 0 Å². The van der Waals surface area contributed by atoms with Crippen LogP contribution in [0.15, 0.2) is 29.2 Å². The summed E-state index contributed by atoms with van der Waals surface area (Å²) in [7, 11) is -1.11. The Kier molecular flexibility index (Phi) is 5.86. The van der Waals surface area contributed by atoms with Crippen molar-refractivity contribution in [1.29, 1.82) is 0 Å². The number of ether oxygens (including phenoxy) is 1. The molecule has 21 heavy (non-hydrogen) atoms. The molecule has 0 unspecified atom stereocenters. The van der Waals surface area contributed by atoms with Crippen molar-refractivity contribution in [3.63, 3.8) is 0 Å². The van der Waals surface area contributed by atoms with Gasteiger partial charge in [-0.3, -0.25) is 9.59 Å². The van der Waals surface area contributed by atoms with Crippen LogP contribution in [0.1, 0.15) is 12.0 Å². The van der Waals surface area contributed by atoms with Crippen LogP contribution in [0.5, 0.6) is 0 Å². The van der Waals surface area contributed by atoms with Gasteiger partial charge in [-0.2, -0.15) is 0 Å². The third kappa shape index (κ3) is 4.83. The van der Waals surface area contributed by atoms with Crippen LogP contribution in [0.3, 0.4) is 0 Å². The highest BCUT2D eigenvalue weighted by atomic mass is 32.2. The summed E-state index contributed by atoms with van der Waals surface area (Å²) in [6.45, 7) is 0.00584. The summed E-state index contributed by atoms with van der Waals surface area (Å²) in [5.41, 5.74) is 0.513. The van der Waals surface area contributed by atoms with E-state index in [0.29, 0.717) is 5.56 Å². The second-order valence-electron chi connectivity index (χ2n) is 4.37. The van der Waals surface area contributed by atoms with Crippen LogP contribution in [-0.2, 0) is 30.8 Å². The molecule has 0 aromatic heterocycles. The van der Waals surface area contributed by atoms with Crippen LogP contribution in [0, 0.1) is 0 Å². The van der Waals surface area contributed by atoms with Crippen LogP contribution in [0.4, 0.5) is 0 Å². The third-order valence-electron chi connectivity index (χ3n) is 2.85. The number of hydrogen-bond acceptors (Lipinski definition) is 5. The molecule has 0 aliphatic carbocycles. The Labute approximate surface area is 123 Å². The van der Waals surface area contributed by atoms with E-state index in [2.05, 4.69) is 4.74 Å². The second-order valence-corrected chi connectivity index (χ2v) is 6.41. The minimum absolute atomic E-state index is 0.00584. The lowest BCUT2D eigenvalue weighted by Gasteiger charge is -2.16. The van der Waals surface area contributed by atoms with Crippen molar-refractivity contribution < 1.29 is 27.9 Å². The lowest BCUT2D eigenvalue weighted by molar-refractivity contribution is -0.140. The molecule has 116 valence electrons. The lowest BCUT2D eigenvalue weighted by Crippen LogP contribution is -2.29. The Morgan fingerprint density at radius 3 is 2.29 bits per heavy atom. The van der Waals surface area contributed by atoms with Gasteiger partial charge in [-0.25, -0.2) is 12.7 Å². The fourth-order valence-corrected chi connectivity index (χ4v) is 2.78. The molecule has 1 aromatic rings. The van der Waals surface area contributed by atoms with E-state index in [0.717, 1.165) is 4.31 Å². The monoisotopic (exact) mass is 315 g/mol. The van der Waals surface area contributed by atoms with E-state index < -0.39 is 22.0 Å². The standard InChI is InChI=1S/C13H17NO6S/c1-14(8-7-13(17)20-2)21(18,19)11-5-3-10(4-6-11)9-12(15)16/h3-6H,7-9H2,1-2H3,(H,15,16). The van der Waals surface area contributed by atoms with E-state index in [-0.39, 0.29) is 24.3 Å². The number of carbonyl (C=O) groups is 2. The smallest absolute Gasteiger partial charge is 0.307 e. The minimum atomic E-state index is -3.71. The fraction of sp³-hybridized carbons (Fsp3) is 0.385. The van der Waals surface area contributed by atoms with Crippen molar-refractivity contribution in [1.82, 2.24) is 4.31 Å². The van der Waals surface area contributed by atoms with Gasteiger partial charge in [-0.05, 0) is 17.7 Å². The number of esters is 1. The predicted octanol–water partition coefficient (Wildman–Crippen LogP) is 0.497. The van der Waals surface area contributed by atoms with Gasteiger partial charge < -0.3 is 9.84 Å². The number of sulfonamides is 1. The maximum Gasteiger partial charge on any atom is 0.307 e. The normalized spacial score (nSPS) is 11.4. The van der Waals surface area contributed by atoms with Crippen LogP contribution >= 0.6 is 0 Å². The molecule has 1 N–H and O–H groups in total. The van der Waals surface area contributed by atoms with E-state index in [4.69, 9.17) is 5.11 Å². The molecule has 0 atom stereocenters. The molecule has 0 fully saturated rings. The largest absolute Gasteiger partial charge is 0.481 e. The summed E-state index contributed by atoms with van der Waals surface area (Å²) in [5.74, 6) is -1.48. The van der Waals surface area contributed by atoms with Gasteiger partial charge >= 0.3 is 11.9 Å². The molecular weight excluding hydrogens is 298 g/mol. The number of rotatable bonds is 7. The molecule has 0 saturated carbocycles. The first kappa shape index (κ1) is 17.1. The fourth-order valence-electron chi connectivity index (χ4n) is 1.60. The average Bonchev–Trinajstić information content (AvgIpc) is 2.44. The van der Waals surface area contributed by atoms with Crippen molar-refractivity contribution in [2.45, 2.75) is 17.7 Å². The van der Waals surface area contributed by atoms with Crippen LogP contribution in [-0.4, -0.2) is 50.5 Å². The highest BCUT2D eigenvalue weighted by Gasteiger charge is 2.21. The molecule has 0 amide bonds. The van der Waals surface area contributed by atoms with Crippen molar-refractivity contribution in [2.24, 2.45) is 0 Å². The molecule has 0 bridgehead atoms. The highest BCUT2D eigenvalue weighted by molar-refractivity contribution is 7.89. The van der Waals surface area contributed by atoms with E-state index >= 15 is 0 Å². The first-order valence-electron chi connectivity index (χ1n) is 6.11. The first-order chi connectivity index (χ1) is 9.77. The number of carboxylic acid groups (broad SMARTS) is 1. The molecule has 0 heterocycles. The first-order valence-corrected chi connectivity index (χ1v) is 7.55. The minimum Gasteiger partial charge on any atom is -0.481 e. The number of aliphatic carboxylic acids is 1. The molecular formula is C13H17NO6S. The molecule has 0 spiro atoms. The summed E-state index contributed by atoms with van der Waals surface area (Å²) in [6.07, 6.45) is -0.207. The summed E-state index contributed by atoms with van der Waals surface area (Å²) in [4.78, 5) is 21.6. The van der Waals surface area contributed by atoms with Crippen molar-refractivity contribution in [2.75, 3.05) is 20.7 Å². The van der Waals surface area contributed by atoms with Crippen LogP contribution < -0.4 is 0 Å². The van der Waals surface area contributed by atoms with Gasteiger partial charge in [0.2, 0.25) is 10.0 Å². The highest BCUT2D eigenvalue weighted by Crippen LogP contribution is 2.16. The number of carbonyl (C=O) groups excluding carboxylic acids is 1. The molecule has 0 radical (unpaired) electrons. The zero-order valence-electron chi connectivity index (χ0n) is 11.8. The van der Waals surface area contributed by atoms with Crippen molar-refractivity contribution in [3.8, 4) is 0 Å². The van der Waals surface area contributed by atoms with Crippen molar-refractivity contribution >= 4 is 22.0 Å². The van der Waals surface area contributed by atoms with Gasteiger partial charge in [-0.15, -0.1) is 0 Å². The average molecular weight is 315 g/mol. The summed E-state index contributed by atoms with van der Waals surface area (Å²) >= 11 is 0. The Morgan fingerprint density at radius 2 is 1.81 bits per heavy atom.